The summed E-state index contributed by atoms with van der Waals surface area (Å²) >= 11 is 3.29. The van der Waals surface area contributed by atoms with Gasteiger partial charge in [-0.3, -0.25) is 4.79 Å². The number of hydrogen-bond acceptors (Lipinski definition) is 3. The van der Waals surface area contributed by atoms with E-state index in [9.17, 15) is 4.79 Å². The zero-order valence-electron chi connectivity index (χ0n) is 9.83. The van der Waals surface area contributed by atoms with Gasteiger partial charge in [0.05, 0.1) is 11.9 Å². The Morgan fingerprint density at radius 3 is 2.94 bits per heavy atom. The van der Waals surface area contributed by atoms with Crippen LogP contribution in [0, 0.1) is 17.8 Å². The fraction of sp³-hybridized carbons (Fsp3) is 0.500. The Morgan fingerprint density at radius 2 is 2.41 bits per heavy atom. The Morgan fingerprint density at radius 1 is 1.76 bits per heavy atom. The second kappa shape index (κ2) is 4.19. The van der Waals surface area contributed by atoms with E-state index in [1.807, 2.05) is 0 Å². The molecule has 0 spiro atoms. The van der Waals surface area contributed by atoms with Crippen LogP contribution in [0.1, 0.15) is 20.3 Å². The van der Waals surface area contributed by atoms with E-state index in [0.29, 0.717) is 15.9 Å². The number of halogens is 1. The third-order valence-corrected chi connectivity index (χ3v) is 3.84. The summed E-state index contributed by atoms with van der Waals surface area (Å²) in [7, 11) is 0. The molecule has 0 aromatic carbocycles. The molecule has 0 radical (unpaired) electrons. The van der Waals surface area contributed by atoms with Gasteiger partial charge in [-0.05, 0) is 27.8 Å². The van der Waals surface area contributed by atoms with Gasteiger partial charge in [-0.2, -0.15) is 5.10 Å². The largest absolute Gasteiger partial charge is 0.379 e. The molecule has 17 heavy (non-hydrogen) atoms. The Bertz CT molecular complexity index is 542. The minimum absolute atomic E-state index is 0.187. The summed E-state index contributed by atoms with van der Waals surface area (Å²) in [5.74, 6) is 2.40. The van der Waals surface area contributed by atoms with E-state index >= 15 is 0 Å². The van der Waals surface area contributed by atoms with E-state index in [4.69, 9.17) is 6.42 Å². The summed E-state index contributed by atoms with van der Waals surface area (Å²) in [6.07, 6.45) is 7.90. The van der Waals surface area contributed by atoms with Crippen LogP contribution in [0.3, 0.4) is 0 Å². The standard InChI is InChI=1S/C12H14BrN3O/c1-4-5-16-11(17)10(13)8(7-14-16)15-9-6-12(9,2)3/h1,7,9,15H,5-6H2,2-3H3. The molecule has 1 saturated carbocycles. The van der Waals surface area contributed by atoms with Gasteiger partial charge in [0.2, 0.25) is 0 Å². The van der Waals surface area contributed by atoms with Gasteiger partial charge in [-0.15, -0.1) is 6.42 Å². The highest BCUT2D eigenvalue weighted by Gasteiger charge is 2.45. The van der Waals surface area contributed by atoms with Crippen molar-refractivity contribution in [3.8, 4) is 12.3 Å². The van der Waals surface area contributed by atoms with Crippen LogP contribution in [0.15, 0.2) is 15.5 Å². The van der Waals surface area contributed by atoms with Gasteiger partial charge in [0.25, 0.3) is 5.56 Å². The van der Waals surface area contributed by atoms with Crippen molar-refractivity contribution in [3.63, 3.8) is 0 Å². The van der Waals surface area contributed by atoms with Crippen molar-refractivity contribution < 1.29 is 0 Å². The van der Waals surface area contributed by atoms with E-state index in [1.54, 1.807) is 6.20 Å². The molecular weight excluding hydrogens is 282 g/mol. The highest BCUT2D eigenvalue weighted by atomic mass is 79.9. The quantitative estimate of drug-likeness (QED) is 0.866. The van der Waals surface area contributed by atoms with Gasteiger partial charge in [0.15, 0.2) is 0 Å². The molecule has 1 atom stereocenters. The van der Waals surface area contributed by atoms with Gasteiger partial charge in [-0.1, -0.05) is 19.8 Å². The van der Waals surface area contributed by atoms with Crippen LogP contribution in [-0.2, 0) is 6.54 Å². The molecule has 1 aliphatic rings. The number of hydrogen-bond donors (Lipinski definition) is 1. The molecule has 1 N–H and O–H groups in total. The Hall–Kier alpha value is -1.28. The normalized spacial score (nSPS) is 20.7. The summed E-state index contributed by atoms with van der Waals surface area (Å²) in [5.41, 5.74) is 0.831. The van der Waals surface area contributed by atoms with Gasteiger partial charge < -0.3 is 5.32 Å². The second-order valence-corrected chi connectivity index (χ2v) is 5.72. The van der Waals surface area contributed by atoms with Gasteiger partial charge in [0.1, 0.15) is 11.0 Å². The fourth-order valence-electron chi connectivity index (χ4n) is 1.67. The molecule has 1 aromatic heterocycles. The number of nitrogens with one attached hydrogen (secondary N) is 1. The first-order valence-corrected chi connectivity index (χ1v) is 6.20. The maximum Gasteiger partial charge on any atom is 0.284 e. The van der Waals surface area contributed by atoms with Crippen molar-refractivity contribution >= 4 is 21.6 Å². The van der Waals surface area contributed by atoms with Crippen LogP contribution >= 0.6 is 15.9 Å². The van der Waals surface area contributed by atoms with Crippen LogP contribution < -0.4 is 10.9 Å². The molecule has 0 bridgehead atoms. The Balaban J connectivity index is 2.23. The summed E-state index contributed by atoms with van der Waals surface area (Å²) in [6, 6.07) is 0.406. The fourth-order valence-corrected chi connectivity index (χ4v) is 2.09. The maximum atomic E-state index is 11.9. The zero-order chi connectivity index (χ0) is 12.6. The molecular formula is C12H14BrN3O. The van der Waals surface area contributed by atoms with Gasteiger partial charge in [0, 0.05) is 6.04 Å². The second-order valence-electron chi connectivity index (χ2n) is 4.93. The lowest BCUT2D eigenvalue weighted by Crippen LogP contribution is -2.24. The first kappa shape index (κ1) is 12.2. The highest BCUT2D eigenvalue weighted by molar-refractivity contribution is 9.10. The topological polar surface area (TPSA) is 46.9 Å². The van der Waals surface area contributed by atoms with Crippen LogP contribution in [0.2, 0.25) is 0 Å². The molecule has 0 saturated heterocycles. The van der Waals surface area contributed by atoms with Gasteiger partial charge >= 0.3 is 0 Å². The number of nitrogens with zero attached hydrogens (tertiary/aromatic N) is 2. The van der Waals surface area contributed by atoms with Gasteiger partial charge in [-0.25, -0.2) is 4.68 Å². The van der Waals surface area contributed by atoms with E-state index < -0.39 is 0 Å². The van der Waals surface area contributed by atoms with Crippen molar-refractivity contribution in [2.75, 3.05) is 5.32 Å². The summed E-state index contributed by atoms with van der Waals surface area (Å²) < 4.78 is 1.75. The lowest BCUT2D eigenvalue weighted by Gasteiger charge is -2.10. The van der Waals surface area contributed by atoms with E-state index in [1.165, 1.54) is 4.68 Å². The molecule has 1 unspecified atom stereocenters. The molecule has 0 amide bonds. The average Bonchev–Trinajstić information content (AvgIpc) is 2.86. The molecule has 2 rings (SSSR count). The number of rotatable bonds is 3. The molecule has 4 nitrogen and oxygen atoms in total. The average molecular weight is 296 g/mol. The SMILES string of the molecule is C#CCn1ncc(NC2CC2(C)C)c(Br)c1=O. The van der Waals surface area contributed by atoms with Crippen molar-refractivity contribution in [2.45, 2.75) is 32.9 Å². The number of terminal acetylenes is 1. The molecule has 1 aromatic rings. The van der Waals surface area contributed by atoms with E-state index in [-0.39, 0.29) is 12.1 Å². The Labute approximate surface area is 109 Å². The molecule has 90 valence electrons. The minimum Gasteiger partial charge on any atom is -0.379 e. The van der Waals surface area contributed by atoms with Crippen LogP contribution in [0.4, 0.5) is 5.69 Å². The first-order valence-electron chi connectivity index (χ1n) is 5.41. The summed E-state index contributed by atoms with van der Waals surface area (Å²) in [6.45, 7) is 4.56. The smallest absolute Gasteiger partial charge is 0.284 e. The van der Waals surface area contributed by atoms with Crippen molar-refractivity contribution in [3.05, 3.63) is 21.0 Å². The summed E-state index contributed by atoms with van der Waals surface area (Å²) in [5, 5.41) is 7.34. The van der Waals surface area contributed by atoms with Crippen molar-refractivity contribution in [1.82, 2.24) is 9.78 Å². The monoisotopic (exact) mass is 295 g/mol. The highest BCUT2D eigenvalue weighted by Crippen LogP contribution is 2.46. The lowest BCUT2D eigenvalue weighted by molar-refractivity contribution is 0.627. The zero-order valence-corrected chi connectivity index (χ0v) is 11.4. The number of aromatic nitrogens is 2. The third kappa shape index (κ3) is 2.37. The van der Waals surface area contributed by atoms with Crippen molar-refractivity contribution in [1.29, 1.82) is 0 Å². The van der Waals surface area contributed by atoms with Crippen LogP contribution in [0.25, 0.3) is 0 Å². The van der Waals surface area contributed by atoms with E-state index in [0.717, 1.165) is 12.1 Å². The molecule has 5 heteroatoms. The minimum atomic E-state index is -0.202. The van der Waals surface area contributed by atoms with Crippen LogP contribution in [-0.4, -0.2) is 15.8 Å². The first-order chi connectivity index (χ1) is 7.95. The van der Waals surface area contributed by atoms with E-state index in [2.05, 4.69) is 46.1 Å². The predicted molar refractivity (Wildman–Crippen MR) is 70.8 cm³/mol. The molecule has 1 heterocycles. The number of anilines is 1. The molecule has 0 aliphatic heterocycles. The van der Waals surface area contributed by atoms with Crippen molar-refractivity contribution in [2.24, 2.45) is 5.41 Å². The molecule has 1 aliphatic carbocycles. The Kier molecular flexibility index (Phi) is 3.00. The van der Waals surface area contributed by atoms with Crippen LogP contribution in [0.5, 0.6) is 0 Å². The summed E-state index contributed by atoms with van der Waals surface area (Å²) in [4.78, 5) is 11.9. The third-order valence-electron chi connectivity index (χ3n) is 3.07. The maximum absolute atomic E-state index is 11.9. The lowest BCUT2D eigenvalue weighted by atomic mass is 10.2. The predicted octanol–water partition coefficient (Wildman–Crippen LogP) is 1.85. The molecule has 1 fully saturated rings.